The van der Waals surface area contributed by atoms with Crippen molar-refractivity contribution >= 4 is 10.0 Å². The summed E-state index contributed by atoms with van der Waals surface area (Å²) in [6.45, 7) is 1.43. The molecule has 0 radical (unpaired) electrons. The largest absolute Gasteiger partial charge is 0.395 e. The molecule has 0 amide bonds. The first-order valence-corrected chi connectivity index (χ1v) is 7.84. The lowest BCUT2D eigenvalue weighted by Gasteiger charge is -2.29. The van der Waals surface area contributed by atoms with E-state index in [1.54, 1.807) is 31.2 Å². The van der Waals surface area contributed by atoms with Crippen molar-refractivity contribution in [2.24, 2.45) is 0 Å². The number of hydrogen-bond acceptors (Lipinski definition) is 4. The maximum Gasteiger partial charge on any atom is 0.218 e. The van der Waals surface area contributed by atoms with E-state index >= 15 is 0 Å². The van der Waals surface area contributed by atoms with Gasteiger partial charge in [-0.15, -0.1) is 0 Å². The molecule has 1 saturated heterocycles. The molecule has 0 saturated carbocycles. The fourth-order valence-corrected chi connectivity index (χ4v) is 4.29. The molecule has 0 aliphatic carbocycles. The van der Waals surface area contributed by atoms with E-state index < -0.39 is 21.7 Å². The van der Waals surface area contributed by atoms with Gasteiger partial charge in [0.1, 0.15) is 0 Å². The van der Waals surface area contributed by atoms with Crippen LogP contribution in [-0.2, 0) is 15.8 Å². The Balaban J connectivity index is 2.21. The standard InChI is InChI=1S/C13H19NO4S/c1-13(16)7-8-14(12(13)9-15)19(17,18)10-11-5-3-2-4-6-11/h2-6,12,15-16H,7-10H2,1H3/t12-,13-/m1/s1. The van der Waals surface area contributed by atoms with Crippen LogP contribution in [-0.4, -0.2) is 47.7 Å². The highest BCUT2D eigenvalue weighted by molar-refractivity contribution is 7.88. The summed E-state index contributed by atoms with van der Waals surface area (Å²) >= 11 is 0. The van der Waals surface area contributed by atoms with Gasteiger partial charge in [-0.2, -0.15) is 4.31 Å². The lowest BCUT2D eigenvalue weighted by Crippen LogP contribution is -2.47. The Labute approximate surface area is 113 Å². The Kier molecular flexibility index (Phi) is 3.96. The minimum Gasteiger partial charge on any atom is -0.395 e. The molecule has 0 aromatic heterocycles. The smallest absolute Gasteiger partial charge is 0.218 e. The zero-order valence-corrected chi connectivity index (χ0v) is 11.7. The van der Waals surface area contributed by atoms with Crippen LogP contribution in [0.15, 0.2) is 30.3 Å². The first-order chi connectivity index (χ1) is 8.87. The molecule has 1 fully saturated rings. The van der Waals surface area contributed by atoms with Crippen LogP contribution < -0.4 is 0 Å². The van der Waals surface area contributed by atoms with Gasteiger partial charge in [-0.05, 0) is 18.9 Å². The van der Waals surface area contributed by atoms with Crippen LogP contribution in [0.2, 0.25) is 0 Å². The van der Waals surface area contributed by atoms with E-state index in [4.69, 9.17) is 0 Å². The zero-order chi connectivity index (χ0) is 14.1. The van der Waals surface area contributed by atoms with Crippen molar-refractivity contribution in [2.45, 2.75) is 30.7 Å². The number of nitrogens with zero attached hydrogens (tertiary/aromatic N) is 1. The normalized spacial score (nSPS) is 28.7. The molecule has 0 bridgehead atoms. The van der Waals surface area contributed by atoms with Crippen LogP contribution in [0.4, 0.5) is 0 Å². The van der Waals surface area contributed by atoms with Crippen LogP contribution >= 0.6 is 0 Å². The predicted octanol–water partition coefficient (Wildman–Crippen LogP) is 0.334. The van der Waals surface area contributed by atoms with Gasteiger partial charge in [0.15, 0.2) is 0 Å². The fourth-order valence-electron chi connectivity index (χ4n) is 2.46. The number of aliphatic hydroxyl groups is 2. The number of hydrogen-bond donors (Lipinski definition) is 2. The van der Waals surface area contributed by atoms with Crippen molar-refractivity contribution < 1.29 is 18.6 Å². The molecule has 6 heteroatoms. The molecular weight excluding hydrogens is 266 g/mol. The topological polar surface area (TPSA) is 77.8 Å². The molecule has 1 aliphatic heterocycles. The van der Waals surface area contributed by atoms with Crippen molar-refractivity contribution in [1.29, 1.82) is 0 Å². The Morgan fingerprint density at radius 2 is 2.00 bits per heavy atom. The van der Waals surface area contributed by atoms with Crippen molar-refractivity contribution in [2.75, 3.05) is 13.2 Å². The average molecular weight is 285 g/mol. The number of benzene rings is 1. The average Bonchev–Trinajstić information content (AvgIpc) is 2.65. The third kappa shape index (κ3) is 2.97. The highest BCUT2D eigenvalue weighted by atomic mass is 32.2. The monoisotopic (exact) mass is 285 g/mol. The van der Waals surface area contributed by atoms with Crippen LogP contribution in [0.1, 0.15) is 18.9 Å². The number of rotatable bonds is 4. The molecule has 106 valence electrons. The van der Waals surface area contributed by atoms with Gasteiger partial charge in [-0.3, -0.25) is 0 Å². The van der Waals surface area contributed by atoms with Gasteiger partial charge in [0.25, 0.3) is 0 Å². The second-order valence-electron chi connectivity index (χ2n) is 5.16. The van der Waals surface area contributed by atoms with Gasteiger partial charge in [0.2, 0.25) is 10.0 Å². The number of sulfonamides is 1. The van der Waals surface area contributed by atoms with Crippen molar-refractivity contribution in [1.82, 2.24) is 4.31 Å². The molecule has 2 N–H and O–H groups in total. The van der Waals surface area contributed by atoms with Gasteiger partial charge in [0.05, 0.1) is 24.0 Å². The van der Waals surface area contributed by atoms with E-state index in [0.29, 0.717) is 12.0 Å². The summed E-state index contributed by atoms with van der Waals surface area (Å²) in [5, 5.41) is 19.4. The lowest BCUT2D eigenvalue weighted by molar-refractivity contribution is 0.0118. The lowest BCUT2D eigenvalue weighted by atomic mass is 9.98. The van der Waals surface area contributed by atoms with E-state index in [2.05, 4.69) is 0 Å². The molecule has 19 heavy (non-hydrogen) atoms. The minimum absolute atomic E-state index is 0.111. The van der Waals surface area contributed by atoms with Crippen molar-refractivity contribution in [3.05, 3.63) is 35.9 Å². The summed E-state index contributed by atoms with van der Waals surface area (Å²) in [7, 11) is -3.53. The summed E-state index contributed by atoms with van der Waals surface area (Å²) in [6.07, 6.45) is 0.340. The van der Waals surface area contributed by atoms with Gasteiger partial charge in [-0.25, -0.2) is 8.42 Å². The minimum atomic E-state index is -3.53. The van der Waals surface area contributed by atoms with E-state index in [-0.39, 0.29) is 18.9 Å². The highest BCUT2D eigenvalue weighted by Crippen LogP contribution is 2.31. The Morgan fingerprint density at radius 3 is 2.58 bits per heavy atom. The van der Waals surface area contributed by atoms with Gasteiger partial charge in [0, 0.05) is 6.54 Å². The first kappa shape index (κ1) is 14.5. The van der Waals surface area contributed by atoms with Gasteiger partial charge in [-0.1, -0.05) is 30.3 Å². The first-order valence-electron chi connectivity index (χ1n) is 6.23. The molecule has 1 aromatic rings. The predicted molar refractivity (Wildman–Crippen MR) is 71.9 cm³/mol. The molecule has 2 atom stereocenters. The maximum atomic E-state index is 12.4. The van der Waals surface area contributed by atoms with Crippen molar-refractivity contribution in [3.63, 3.8) is 0 Å². The summed E-state index contributed by atoms with van der Waals surface area (Å²) in [4.78, 5) is 0. The second kappa shape index (κ2) is 5.20. The van der Waals surface area contributed by atoms with Crippen LogP contribution in [0, 0.1) is 0 Å². The third-order valence-corrected chi connectivity index (χ3v) is 5.48. The van der Waals surface area contributed by atoms with E-state index in [1.807, 2.05) is 6.07 Å². The maximum absolute atomic E-state index is 12.4. The molecule has 0 unspecified atom stereocenters. The Morgan fingerprint density at radius 1 is 1.37 bits per heavy atom. The summed E-state index contributed by atoms with van der Waals surface area (Å²) in [6, 6.07) is 8.14. The molecule has 1 aromatic carbocycles. The summed E-state index contributed by atoms with van der Waals surface area (Å²) in [5.41, 5.74) is -0.468. The van der Waals surface area contributed by atoms with E-state index in [0.717, 1.165) is 0 Å². The van der Waals surface area contributed by atoms with Crippen LogP contribution in [0.3, 0.4) is 0 Å². The molecule has 1 aliphatic rings. The van der Waals surface area contributed by atoms with Gasteiger partial charge >= 0.3 is 0 Å². The van der Waals surface area contributed by atoms with Crippen LogP contribution in [0.25, 0.3) is 0 Å². The molecular formula is C13H19NO4S. The van der Waals surface area contributed by atoms with Gasteiger partial charge < -0.3 is 10.2 Å². The van der Waals surface area contributed by atoms with E-state index in [1.165, 1.54) is 4.31 Å². The third-order valence-electron chi connectivity index (χ3n) is 3.63. The molecule has 2 rings (SSSR count). The number of aliphatic hydroxyl groups excluding tert-OH is 1. The summed E-state index contributed by atoms with van der Waals surface area (Å²) < 4.78 is 25.9. The fraction of sp³-hybridized carbons (Fsp3) is 0.538. The zero-order valence-electron chi connectivity index (χ0n) is 10.9. The van der Waals surface area contributed by atoms with E-state index in [9.17, 15) is 18.6 Å². The molecule has 0 spiro atoms. The molecule has 5 nitrogen and oxygen atoms in total. The second-order valence-corrected chi connectivity index (χ2v) is 7.08. The Hall–Kier alpha value is -0.950. The molecule has 1 heterocycles. The highest BCUT2D eigenvalue weighted by Gasteiger charge is 2.46. The van der Waals surface area contributed by atoms with Crippen LogP contribution in [0.5, 0.6) is 0 Å². The van der Waals surface area contributed by atoms with Crippen molar-refractivity contribution in [3.8, 4) is 0 Å². The quantitative estimate of drug-likeness (QED) is 0.836. The summed E-state index contributed by atoms with van der Waals surface area (Å²) in [5.74, 6) is -0.111. The Bertz CT molecular complexity index is 527. The SMILES string of the molecule is C[C@@]1(O)CCN(S(=O)(=O)Cc2ccccc2)[C@@H]1CO.